The van der Waals surface area contributed by atoms with Crippen molar-refractivity contribution in [2.24, 2.45) is 5.41 Å². The number of nitrogens with zero attached hydrogens (tertiary/aromatic N) is 2. The molecule has 3 fully saturated rings. The highest BCUT2D eigenvalue weighted by atomic mass is 19.1. The minimum absolute atomic E-state index is 0.183. The molecule has 1 aromatic carbocycles. The zero-order valence-corrected chi connectivity index (χ0v) is 15.8. The van der Waals surface area contributed by atoms with Crippen LogP contribution in [-0.4, -0.2) is 47.4 Å². The summed E-state index contributed by atoms with van der Waals surface area (Å²) in [6.45, 7) is 1.84. The van der Waals surface area contributed by atoms with E-state index in [1.54, 1.807) is 23.1 Å². The summed E-state index contributed by atoms with van der Waals surface area (Å²) in [6, 6.07) is 6.22. The van der Waals surface area contributed by atoms with Crippen LogP contribution in [0.1, 0.15) is 51.4 Å². The van der Waals surface area contributed by atoms with Crippen LogP contribution in [0.25, 0.3) is 0 Å². The maximum Gasteiger partial charge on any atom is 0.321 e. The molecule has 146 valence electrons. The molecular weight excluding hydrogens is 345 g/mol. The van der Waals surface area contributed by atoms with Crippen LogP contribution in [0, 0.1) is 11.2 Å². The number of carbonyl (C=O) groups is 2. The van der Waals surface area contributed by atoms with E-state index in [0.717, 1.165) is 32.2 Å². The molecular formula is C21H28FN3O2. The van der Waals surface area contributed by atoms with Gasteiger partial charge in [0.1, 0.15) is 5.82 Å². The van der Waals surface area contributed by atoms with Crippen molar-refractivity contribution in [2.75, 3.05) is 25.0 Å². The number of carbonyl (C=O) groups excluding carboxylic acids is 2. The molecule has 1 saturated carbocycles. The van der Waals surface area contributed by atoms with Crippen molar-refractivity contribution in [2.45, 2.75) is 57.4 Å². The zero-order chi connectivity index (χ0) is 18.9. The number of hydrogen-bond acceptors (Lipinski definition) is 2. The minimum Gasteiger partial charge on any atom is -0.339 e. The fourth-order valence-corrected chi connectivity index (χ4v) is 5.02. The van der Waals surface area contributed by atoms with Gasteiger partial charge in [0.05, 0.1) is 11.1 Å². The second-order valence-corrected chi connectivity index (χ2v) is 8.26. The predicted octanol–water partition coefficient (Wildman–Crippen LogP) is 4.00. The Hall–Kier alpha value is -2.11. The van der Waals surface area contributed by atoms with E-state index in [1.807, 2.05) is 0 Å². The number of nitrogens with one attached hydrogen (secondary N) is 1. The smallest absolute Gasteiger partial charge is 0.321 e. The molecule has 27 heavy (non-hydrogen) atoms. The van der Waals surface area contributed by atoms with E-state index in [2.05, 4.69) is 10.2 Å². The number of urea groups is 1. The highest BCUT2D eigenvalue weighted by molar-refractivity contribution is 5.91. The normalized spacial score (nSPS) is 26.6. The van der Waals surface area contributed by atoms with E-state index >= 15 is 0 Å². The van der Waals surface area contributed by atoms with E-state index in [0.29, 0.717) is 25.6 Å². The first-order valence-corrected chi connectivity index (χ1v) is 10.2. The third-order valence-corrected chi connectivity index (χ3v) is 6.54. The van der Waals surface area contributed by atoms with Crippen LogP contribution in [0.2, 0.25) is 0 Å². The predicted molar refractivity (Wildman–Crippen MR) is 102 cm³/mol. The van der Waals surface area contributed by atoms with Gasteiger partial charge in [0.2, 0.25) is 5.91 Å². The Morgan fingerprint density at radius 3 is 2.63 bits per heavy atom. The second kappa shape index (κ2) is 7.49. The number of benzene rings is 1. The van der Waals surface area contributed by atoms with Gasteiger partial charge in [-0.05, 0) is 44.2 Å². The lowest BCUT2D eigenvalue weighted by molar-refractivity contribution is -0.149. The van der Waals surface area contributed by atoms with Crippen molar-refractivity contribution in [3.63, 3.8) is 0 Å². The third-order valence-electron chi connectivity index (χ3n) is 6.54. The van der Waals surface area contributed by atoms with Crippen molar-refractivity contribution >= 4 is 17.6 Å². The average Bonchev–Trinajstić information content (AvgIpc) is 3.12. The summed E-state index contributed by atoms with van der Waals surface area (Å²) < 4.78 is 13.8. The molecule has 3 amide bonds. The maximum absolute atomic E-state index is 13.8. The first-order valence-electron chi connectivity index (χ1n) is 10.2. The Morgan fingerprint density at radius 2 is 1.85 bits per heavy atom. The van der Waals surface area contributed by atoms with Crippen LogP contribution in [0.5, 0.6) is 0 Å². The van der Waals surface area contributed by atoms with Gasteiger partial charge in [0, 0.05) is 25.7 Å². The average molecular weight is 373 g/mol. The molecule has 1 aromatic rings. The summed E-state index contributed by atoms with van der Waals surface area (Å²) in [5.74, 6) is -0.209. The van der Waals surface area contributed by atoms with Crippen molar-refractivity contribution in [3.8, 4) is 0 Å². The maximum atomic E-state index is 13.8. The molecule has 2 aliphatic heterocycles. The minimum atomic E-state index is -0.447. The fraction of sp³-hybridized carbons (Fsp3) is 0.619. The van der Waals surface area contributed by atoms with Gasteiger partial charge < -0.3 is 15.1 Å². The quantitative estimate of drug-likeness (QED) is 0.852. The molecule has 4 rings (SSSR count). The van der Waals surface area contributed by atoms with Crippen molar-refractivity contribution in [1.29, 1.82) is 0 Å². The topological polar surface area (TPSA) is 52.7 Å². The molecule has 0 aromatic heterocycles. The fourth-order valence-electron chi connectivity index (χ4n) is 5.02. The molecule has 3 aliphatic rings. The molecule has 1 atom stereocenters. The summed E-state index contributed by atoms with van der Waals surface area (Å²) in [4.78, 5) is 29.7. The van der Waals surface area contributed by atoms with Crippen LogP contribution in [0.4, 0.5) is 14.9 Å². The number of hydrogen-bond donors (Lipinski definition) is 1. The lowest BCUT2D eigenvalue weighted by Crippen LogP contribution is -2.54. The van der Waals surface area contributed by atoms with Gasteiger partial charge in [-0.15, -0.1) is 0 Å². The number of para-hydroxylation sites is 1. The van der Waals surface area contributed by atoms with Crippen LogP contribution < -0.4 is 5.32 Å². The lowest BCUT2D eigenvalue weighted by atomic mass is 9.77. The summed E-state index contributed by atoms with van der Waals surface area (Å²) in [7, 11) is 0. The number of halogens is 1. The van der Waals surface area contributed by atoms with E-state index in [1.165, 1.54) is 25.3 Å². The summed E-state index contributed by atoms with van der Waals surface area (Å²) >= 11 is 0. The van der Waals surface area contributed by atoms with Crippen LogP contribution in [0.3, 0.4) is 0 Å². The van der Waals surface area contributed by atoms with E-state index < -0.39 is 11.2 Å². The van der Waals surface area contributed by atoms with E-state index in [-0.39, 0.29) is 17.6 Å². The molecule has 2 heterocycles. The third kappa shape index (κ3) is 3.54. The number of likely N-dealkylation sites (tertiary alicyclic amines) is 2. The summed E-state index contributed by atoms with van der Waals surface area (Å²) in [6.07, 6.45) is 8.47. The number of piperidine rings is 1. The highest BCUT2D eigenvalue weighted by Gasteiger charge is 2.50. The standard InChI is InChI=1S/C21H28FN3O2/c22-17-9-4-5-10-18(17)23-20(27)24-14-12-21(15-24)11-6-13-25(19(21)26)16-7-2-1-3-8-16/h4-5,9-10,16H,1-3,6-8,11-15H2,(H,23,27)/t21-/m0/s1. The lowest BCUT2D eigenvalue weighted by Gasteiger charge is -2.44. The van der Waals surface area contributed by atoms with Gasteiger partial charge in [0.15, 0.2) is 0 Å². The first kappa shape index (κ1) is 18.3. The summed E-state index contributed by atoms with van der Waals surface area (Å²) in [5.41, 5.74) is -0.260. The Morgan fingerprint density at radius 1 is 1.07 bits per heavy atom. The van der Waals surface area contributed by atoms with Gasteiger partial charge in [0.25, 0.3) is 0 Å². The molecule has 5 nitrogen and oxygen atoms in total. The molecule has 2 saturated heterocycles. The molecule has 0 radical (unpaired) electrons. The highest BCUT2D eigenvalue weighted by Crippen LogP contribution is 2.42. The van der Waals surface area contributed by atoms with Gasteiger partial charge in [-0.3, -0.25) is 4.79 Å². The molecule has 1 spiro atoms. The van der Waals surface area contributed by atoms with Crippen LogP contribution in [0.15, 0.2) is 24.3 Å². The Balaban J connectivity index is 1.43. The Bertz CT molecular complexity index is 719. The number of anilines is 1. The number of rotatable bonds is 2. The van der Waals surface area contributed by atoms with Gasteiger partial charge in [-0.1, -0.05) is 31.4 Å². The van der Waals surface area contributed by atoms with Crippen LogP contribution >= 0.6 is 0 Å². The van der Waals surface area contributed by atoms with Crippen LogP contribution in [-0.2, 0) is 4.79 Å². The molecule has 6 heteroatoms. The second-order valence-electron chi connectivity index (χ2n) is 8.26. The summed E-state index contributed by atoms with van der Waals surface area (Å²) in [5, 5.41) is 2.65. The molecule has 0 bridgehead atoms. The Labute approximate surface area is 159 Å². The largest absolute Gasteiger partial charge is 0.339 e. The van der Waals surface area contributed by atoms with Crippen molar-refractivity contribution in [3.05, 3.63) is 30.1 Å². The molecule has 1 aliphatic carbocycles. The monoisotopic (exact) mass is 373 g/mol. The zero-order valence-electron chi connectivity index (χ0n) is 15.8. The van der Waals surface area contributed by atoms with Gasteiger partial charge >= 0.3 is 6.03 Å². The van der Waals surface area contributed by atoms with Gasteiger partial charge in [-0.25, -0.2) is 9.18 Å². The molecule has 0 unspecified atom stereocenters. The Kier molecular flexibility index (Phi) is 5.06. The molecule has 1 N–H and O–H groups in total. The van der Waals surface area contributed by atoms with Gasteiger partial charge in [-0.2, -0.15) is 0 Å². The van der Waals surface area contributed by atoms with Crippen molar-refractivity contribution in [1.82, 2.24) is 9.80 Å². The first-order chi connectivity index (χ1) is 13.1. The van der Waals surface area contributed by atoms with E-state index in [9.17, 15) is 14.0 Å². The SMILES string of the molecule is O=C(Nc1ccccc1F)N1CC[C@@]2(CCCN(C3CCCCC3)C2=O)C1. The number of amides is 3. The van der Waals surface area contributed by atoms with E-state index in [4.69, 9.17) is 0 Å². The van der Waals surface area contributed by atoms with Crippen molar-refractivity contribution < 1.29 is 14.0 Å².